The average Bonchev–Trinajstić information content (AvgIpc) is 3.50. The smallest absolute Gasteiger partial charge is 0.141 e. The summed E-state index contributed by atoms with van der Waals surface area (Å²) in [6.45, 7) is 2.50. The molecule has 2 saturated carbocycles. The molecular formula is C30H31NO. The Morgan fingerprint density at radius 3 is 2.47 bits per heavy atom. The lowest BCUT2D eigenvalue weighted by Crippen LogP contribution is -2.17. The van der Waals surface area contributed by atoms with Gasteiger partial charge in [-0.05, 0) is 66.7 Å². The van der Waals surface area contributed by atoms with Crippen LogP contribution < -0.4 is 0 Å². The molecule has 2 fully saturated rings. The van der Waals surface area contributed by atoms with Crippen molar-refractivity contribution in [2.75, 3.05) is 0 Å². The molecule has 0 radical (unpaired) electrons. The third kappa shape index (κ3) is 2.59. The number of rotatable bonds is 1. The Labute approximate surface area is 189 Å². The molecule has 2 aromatic heterocycles. The first kappa shape index (κ1) is 18.8. The van der Waals surface area contributed by atoms with E-state index in [-0.39, 0.29) is 0 Å². The van der Waals surface area contributed by atoms with Crippen molar-refractivity contribution in [3.8, 4) is 0 Å². The van der Waals surface area contributed by atoms with Crippen LogP contribution in [0.5, 0.6) is 0 Å². The first-order valence-corrected chi connectivity index (χ1v) is 12.5. The van der Waals surface area contributed by atoms with Gasteiger partial charge in [0.2, 0.25) is 0 Å². The zero-order chi connectivity index (χ0) is 21.4. The molecule has 2 aliphatic rings. The molecule has 32 heavy (non-hydrogen) atoms. The summed E-state index contributed by atoms with van der Waals surface area (Å²) in [6, 6.07) is 20.0. The predicted octanol–water partition coefficient (Wildman–Crippen LogP) is 8.55. The fourth-order valence-electron chi connectivity index (χ4n) is 7.23. The molecule has 162 valence electrons. The largest absolute Gasteiger partial charge is 0.456 e. The van der Waals surface area contributed by atoms with Crippen molar-refractivity contribution in [3.05, 3.63) is 60.2 Å². The SMILES string of the molecule is CC1CCC2CCC(C2)CC1c1cc2c3ccccc3n(C)c2c2c1oc1ccccc12. The Kier molecular flexibility index (Phi) is 4.04. The van der Waals surface area contributed by atoms with Crippen LogP contribution in [0, 0.1) is 17.8 Å². The second-order valence-electron chi connectivity index (χ2n) is 10.7. The monoisotopic (exact) mass is 421 g/mol. The van der Waals surface area contributed by atoms with Crippen LogP contribution in [-0.4, -0.2) is 4.57 Å². The van der Waals surface area contributed by atoms with E-state index in [0.29, 0.717) is 11.8 Å². The van der Waals surface area contributed by atoms with Crippen molar-refractivity contribution in [1.82, 2.24) is 4.57 Å². The molecule has 2 heterocycles. The minimum atomic E-state index is 0.575. The summed E-state index contributed by atoms with van der Waals surface area (Å²) in [5.41, 5.74) is 6.22. The number of hydrogen-bond acceptors (Lipinski definition) is 1. The lowest BCUT2D eigenvalue weighted by atomic mass is 9.74. The zero-order valence-corrected chi connectivity index (χ0v) is 19.1. The third-order valence-corrected chi connectivity index (χ3v) is 8.89. The molecule has 0 saturated heterocycles. The summed E-state index contributed by atoms with van der Waals surface area (Å²) >= 11 is 0. The highest BCUT2D eigenvalue weighted by molar-refractivity contribution is 6.24. The Morgan fingerprint density at radius 1 is 0.812 bits per heavy atom. The van der Waals surface area contributed by atoms with E-state index in [2.05, 4.69) is 73.1 Å². The van der Waals surface area contributed by atoms with E-state index in [1.54, 1.807) is 0 Å². The van der Waals surface area contributed by atoms with Gasteiger partial charge >= 0.3 is 0 Å². The normalized spacial score (nSPS) is 26.3. The molecule has 4 unspecified atom stereocenters. The molecule has 0 aliphatic heterocycles. The van der Waals surface area contributed by atoms with Crippen molar-refractivity contribution in [1.29, 1.82) is 0 Å². The summed E-state index contributed by atoms with van der Waals surface area (Å²) in [5, 5.41) is 5.30. The molecule has 4 atom stereocenters. The molecule has 5 aromatic rings. The Balaban J connectivity index is 1.59. The fraction of sp³-hybridized carbons (Fsp3) is 0.400. The first-order chi connectivity index (χ1) is 15.7. The Hall–Kier alpha value is -2.74. The van der Waals surface area contributed by atoms with Gasteiger partial charge < -0.3 is 8.98 Å². The number of furan rings is 1. The van der Waals surface area contributed by atoms with Crippen molar-refractivity contribution < 1.29 is 4.42 Å². The fourth-order valence-corrected chi connectivity index (χ4v) is 7.23. The van der Waals surface area contributed by atoms with E-state index in [4.69, 9.17) is 4.42 Å². The molecular weight excluding hydrogens is 390 g/mol. The number of nitrogens with zero attached hydrogens (tertiary/aromatic N) is 1. The molecule has 2 heteroatoms. The zero-order valence-electron chi connectivity index (χ0n) is 19.1. The van der Waals surface area contributed by atoms with E-state index < -0.39 is 0 Å². The summed E-state index contributed by atoms with van der Waals surface area (Å²) in [7, 11) is 2.21. The minimum absolute atomic E-state index is 0.575. The van der Waals surface area contributed by atoms with Crippen LogP contribution in [0.2, 0.25) is 0 Å². The number of para-hydroxylation sites is 2. The van der Waals surface area contributed by atoms with Crippen molar-refractivity contribution in [2.45, 2.75) is 51.4 Å². The van der Waals surface area contributed by atoms with E-state index in [0.717, 1.165) is 23.0 Å². The number of aryl methyl sites for hydroxylation is 1. The van der Waals surface area contributed by atoms with Crippen LogP contribution in [0.25, 0.3) is 43.7 Å². The van der Waals surface area contributed by atoms with Crippen LogP contribution in [-0.2, 0) is 7.05 Å². The highest BCUT2D eigenvalue weighted by Crippen LogP contribution is 2.50. The lowest BCUT2D eigenvalue weighted by molar-refractivity contribution is 0.289. The number of fused-ring (bicyclic) bond motifs is 9. The van der Waals surface area contributed by atoms with Crippen LogP contribution in [0.4, 0.5) is 0 Å². The Bertz CT molecular complexity index is 1490. The minimum Gasteiger partial charge on any atom is -0.456 e. The average molecular weight is 422 g/mol. The summed E-state index contributed by atoms with van der Waals surface area (Å²) in [6.07, 6.45) is 8.40. The molecule has 3 aromatic carbocycles. The predicted molar refractivity (Wildman–Crippen MR) is 134 cm³/mol. The highest BCUT2D eigenvalue weighted by atomic mass is 16.3. The summed E-state index contributed by atoms with van der Waals surface area (Å²) in [4.78, 5) is 0. The topological polar surface area (TPSA) is 18.1 Å². The van der Waals surface area contributed by atoms with E-state index >= 15 is 0 Å². The molecule has 2 bridgehead atoms. The van der Waals surface area contributed by atoms with Crippen molar-refractivity contribution in [2.24, 2.45) is 24.8 Å². The van der Waals surface area contributed by atoms with Gasteiger partial charge in [0.15, 0.2) is 0 Å². The summed E-state index contributed by atoms with van der Waals surface area (Å²) < 4.78 is 9.06. The molecule has 0 amide bonds. The molecule has 7 rings (SSSR count). The standard InChI is InChI=1S/C30H31NO/c1-18-11-12-19-13-14-20(15-19)16-23(18)25-17-24-21-7-3-5-9-26(21)31(2)29(24)28-22-8-4-6-10-27(22)32-30(25)28/h3-10,17-20,23H,11-16H2,1-2H3. The quantitative estimate of drug-likeness (QED) is 0.265. The summed E-state index contributed by atoms with van der Waals surface area (Å²) in [5.74, 6) is 3.14. The molecule has 2 nitrogen and oxygen atoms in total. The highest BCUT2D eigenvalue weighted by Gasteiger charge is 2.35. The van der Waals surface area contributed by atoms with Gasteiger partial charge in [0.25, 0.3) is 0 Å². The van der Waals surface area contributed by atoms with Gasteiger partial charge in [-0.2, -0.15) is 0 Å². The van der Waals surface area contributed by atoms with Crippen LogP contribution in [0.3, 0.4) is 0 Å². The Morgan fingerprint density at radius 2 is 1.56 bits per heavy atom. The van der Waals surface area contributed by atoms with E-state index in [1.165, 1.54) is 76.7 Å². The first-order valence-electron chi connectivity index (χ1n) is 12.5. The molecule has 0 N–H and O–H groups in total. The maximum Gasteiger partial charge on any atom is 0.141 e. The van der Waals surface area contributed by atoms with Crippen LogP contribution >= 0.6 is 0 Å². The van der Waals surface area contributed by atoms with Gasteiger partial charge in [0.1, 0.15) is 11.2 Å². The number of hydrogen-bond donors (Lipinski definition) is 0. The number of benzene rings is 3. The third-order valence-electron chi connectivity index (χ3n) is 8.89. The van der Waals surface area contributed by atoms with Gasteiger partial charge in [0, 0.05) is 28.7 Å². The van der Waals surface area contributed by atoms with Gasteiger partial charge in [-0.15, -0.1) is 0 Å². The second kappa shape index (κ2) is 6.88. The van der Waals surface area contributed by atoms with E-state index in [9.17, 15) is 0 Å². The molecule has 0 spiro atoms. The van der Waals surface area contributed by atoms with Gasteiger partial charge in [-0.25, -0.2) is 0 Å². The second-order valence-corrected chi connectivity index (χ2v) is 10.7. The van der Waals surface area contributed by atoms with Crippen molar-refractivity contribution in [3.63, 3.8) is 0 Å². The molecule has 2 aliphatic carbocycles. The lowest BCUT2D eigenvalue weighted by Gasteiger charge is -2.30. The van der Waals surface area contributed by atoms with Crippen molar-refractivity contribution >= 4 is 43.7 Å². The van der Waals surface area contributed by atoms with Crippen LogP contribution in [0.15, 0.2) is 59.0 Å². The van der Waals surface area contributed by atoms with Gasteiger partial charge in [-0.3, -0.25) is 0 Å². The maximum absolute atomic E-state index is 6.68. The van der Waals surface area contributed by atoms with Gasteiger partial charge in [-0.1, -0.05) is 62.6 Å². The van der Waals surface area contributed by atoms with Gasteiger partial charge in [0.05, 0.1) is 10.9 Å². The van der Waals surface area contributed by atoms with E-state index in [1.807, 2.05) is 0 Å². The maximum atomic E-state index is 6.68. The number of aromatic nitrogens is 1. The van der Waals surface area contributed by atoms with Crippen LogP contribution in [0.1, 0.15) is 56.9 Å².